The van der Waals surface area contributed by atoms with E-state index in [1.165, 1.54) is 35.6 Å². The molecule has 0 radical (unpaired) electrons. The molecule has 2 aromatic rings. The van der Waals surface area contributed by atoms with Gasteiger partial charge in [-0.15, -0.1) is 11.3 Å². The van der Waals surface area contributed by atoms with Crippen molar-refractivity contribution >= 4 is 22.9 Å². The van der Waals surface area contributed by atoms with Crippen LogP contribution in [-0.2, 0) is 0 Å². The second-order valence-electron chi connectivity index (χ2n) is 4.43. The van der Waals surface area contributed by atoms with Crippen LogP contribution in [0.5, 0.6) is 5.75 Å². The number of carbonyl (C=O) groups is 2. The van der Waals surface area contributed by atoms with Crippen LogP contribution < -0.4 is 4.74 Å². The van der Waals surface area contributed by atoms with E-state index in [1.807, 2.05) is 0 Å². The summed E-state index contributed by atoms with van der Waals surface area (Å²) in [4.78, 5) is 24.2. The number of alkyl halides is 3. The van der Waals surface area contributed by atoms with Crippen molar-refractivity contribution in [2.24, 2.45) is 0 Å². The van der Waals surface area contributed by atoms with Crippen molar-refractivity contribution in [1.82, 2.24) is 0 Å². The minimum Gasteiger partial charge on any atom is -0.484 e. The Bertz CT molecular complexity index is 646. The molecule has 0 unspecified atom stereocenters. The molecule has 1 heterocycles. The van der Waals surface area contributed by atoms with Gasteiger partial charge in [-0.1, -0.05) is 6.07 Å². The van der Waals surface area contributed by atoms with Crippen molar-refractivity contribution in [3.05, 3.63) is 52.2 Å². The highest BCUT2D eigenvalue weighted by Crippen LogP contribution is 2.20. The van der Waals surface area contributed by atoms with Gasteiger partial charge in [-0.25, -0.2) is 0 Å². The van der Waals surface area contributed by atoms with Crippen LogP contribution in [0.4, 0.5) is 13.2 Å². The molecule has 1 aromatic heterocycles. The number of Topliss-reactive ketones (excluding diaryl/α,β-unsaturated/α-hetero) is 2. The number of hydrogen-bond donors (Lipinski definition) is 0. The summed E-state index contributed by atoms with van der Waals surface area (Å²) in [6.45, 7) is -1.39. The van der Waals surface area contributed by atoms with E-state index in [1.54, 1.807) is 17.5 Å². The number of halogens is 3. The van der Waals surface area contributed by atoms with Crippen LogP contribution in [0.15, 0.2) is 41.8 Å². The maximum absolute atomic E-state index is 12.0. The van der Waals surface area contributed by atoms with Crippen LogP contribution in [0, 0.1) is 0 Å². The third-order valence-electron chi connectivity index (χ3n) is 2.70. The lowest BCUT2D eigenvalue weighted by Gasteiger charge is -2.09. The first-order valence-electron chi connectivity index (χ1n) is 6.25. The third kappa shape index (κ3) is 4.70. The molecule has 116 valence electrons. The van der Waals surface area contributed by atoms with E-state index in [0.29, 0.717) is 4.88 Å². The zero-order valence-corrected chi connectivity index (χ0v) is 12.0. The number of carbonyl (C=O) groups excluding carboxylic acids is 2. The van der Waals surface area contributed by atoms with E-state index in [0.717, 1.165) is 0 Å². The van der Waals surface area contributed by atoms with Gasteiger partial charge in [-0.2, -0.15) is 13.2 Å². The molecule has 0 fully saturated rings. The molecular weight excluding hydrogens is 317 g/mol. The molecule has 2 rings (SSSR count). The molecule has 0 aliphatic rings. The highest BCUT2D eigenvalue weighted by molar-refractivity contribution is 7.12. The normalized spacial score (nSPS) is 11.2. The molecule has 22 heavy (non-hydrogen) atoms. The Morgan fingerprint density at radius 3 is 2.27 bits per heavy atom. The van der Waals surface area contributed by atoms with Crippen LogP contribution in [0.3, 0.4) is 0 Å². The molecule has 3 nitrogen and oxygen atoms in total. The van der Waals surface area contributed by atoms with Gasteiger partial charge in [-0.3, -0.25) is 9.59 Å². The van der Waals surface area contributed by atoms with Gasteiger partial charge in [0.2, 0.25) is 0 Å². The van der Waals surface area contributed by atoms with E-state index in [-0.39, 0.29) is 29.3 Å². The minimum absolute atomic E-state index is 0.0125. The van der Waals surface area contributed by atoms with Gasteiger partial charge in [-0.05, 0) is 35.7 Å². The Labute approximate surface area is 128 Å². The van der Waals surface area contributed by atoms with Gasteiger partial charge in [0.05, 0.1) is 11.3 Å². The van der Waals surface area contributed by atoms with Crippen molar-refractivity contribution in [3.8, 4) is 5.75 Å². The summed E-state index contributed by atoms with van der Waals surface area (Å²) >= 11 is 1.25. The molecular formula is C15H11F3O3S. The Hall–Kier alpha value is -2.15. The number of ketones is 2. The molecule has 0 aliphatic heterocycles. The highest BCUT2D eigenvalue weighted by atomic mass is 32.1. The first-order valence-corrected chi connectivity index (χ1v) is 7.12. The molecule has 0 aliphatic carbocycles. The third-order valence-corrected chi connectivity index (χ3v) is 3.61. The molecule has 0 saturated carbocycles. The zero-order valence-electron chi connectivity index (χ0n) is 11.2. The predicted molar refractivity (Wildman–Crippen MR) is 75.6 cm³/mol. The summed E-state index contributed by atoms with van der Waals surface area (Å²) in [6.07, 6.45) is -4.69. The Balaban J connectivity index is 1.95. The monoisotopic (exact) mass is 328 g/mol. The van der Waals surface area contributed by atoms with Crippen molar-refractivity contribution < 1.29 is 27.5 Å². The lowest BCUT2D eigenvalue weighted by Crippen LogP contribution is -2.19. The van der Waals surface area contributed by atoms with Crippen molar-refractivity contribution in [2.75, 3.05) is 6.61 Å². The van der Waals surface area contributed by atoms with Crippen molar-refractivity contribution in [1.29, 1.82) is 0 Å². The first-order chi connectivity index (χ1) is 10.3. The Morgan fingerprint density at radius 2 is 1.73 bits per heavy atom. The summed E-state index contributed by atoms with van der Waals surface area (Å²) in [5.41, 5.74) is 0.254. The van der Waals surface area contributed by atoms with Gasteiger partial charge in [0, 0.05) is 5.56 Å². The average Bonchev–Trinajstić information content (AvgIpc) is 2.99. The standard InChI is InChI=1S/C15H11F3O3S/c16-15(17,18)9-21-11-5-3-10(4-6-11)12(19)8-13(20)14-2-1-7-22-14/h1-7H,8-9H2. The molecule has 0 spiro atoms. The Morgan fingerprint density at radius 1 is 1.05 bits per heavy atom. The smallest absolute Gasteiger partial charge is 0.422 e. The van der Waals surface area contributed by atoms with E-state index in [2.05, 4.69) is 4.74 Å². The summed E-state index contributed by atoms with van der Waals surface area (Å²) < 4.78 is 40.6. The summed E-state index contributed by atoms with van der Waals surface area (Å²) in [6, 6.07) is 8.58. The summed E-state index contributed by atoms with van der Waals surface area (Å²) in [5.74, 6) is -0.656. The highest BCUT2D eigenvalue weighted by Gasteiger charge is 2.28. The Kier molecular flexibility index (Phi) is 4.97. The number of rotatable bonds is 6. The number of ether oxygens (including phenoxy) is 1. The lowest BCUT2D eigenvalue weighted by atomic mass is 10.1. The topological polar surface area (TPSA) is 43.4 Å². The fourth-order valence-corrected chi connectivity index (χ4v) is 2.34. The van der Waals surface area contributed by atoms with E-state index >= 15 is 0 Å². The molecule has 0 atom stereocenters. The lowest BCUT2D eigenvalue weighted by molar-refractivity contribution is -0.153. The quantitative estimate of drug-likeness (QED) is 0.591. The van der Waals surface area contributed by atoms with E-state index < -0.39 is 12.8 Å². The van der Waals surface area contributed by atoms with Crippen molar-refractivity contribution in [3.63, 3.8) is 0 Å². The fourth-order valence-electron chi connectivity index (χ4n) is 1.67. The summed E-state index contributed by atoms with van der Waals surface area (Å²) in [7, 11) is 0. The zero-order chi connectivity index (χ0) is 16.2. The van der Waals surface area contributed by atoms with Gasteiger partial charge < -0.3 is 4.74 Å². The largest absolute Gasteiger partial charge is 0.484 e. The summed E-state index contributed by atoms with van der Waals surface area (Å²) in [5, 5.41) is 1.74. The van der Waals surface area contributed by atoms with E-state index in [9.17, 15) is 22.8 Å². The predicted octanol–water partition coefficient (Wildman–Crippen LogP) is 4.14. The van der Waals surface area contributed by atoms with E-state index in [4.69, 9.17) is 0 Å². The number of hydrogen-bond acceptors (Lipinski definition) is 4. The maximum Gasteiger partial charge on any atom is 0.422 e. The van der Waals surface area contributed by atoms with Crippen molar-refractivity contribution in [2.45, 2.75) is 12.6 Å². The molecule has 0 saturated heterocycles. The molecule has 0 bridgehead atoms. The van der Waals surface area contributed by atoms with Crippen LogP contribution in [-0.4, -0.2) is 24.3 Å². The van der Waals surface area contributed by atoms with Gasteiger partial charge in [0.1, 0.15) is 5.75 Å². The average molecular weight is 328 g/mol. The minimum atomic E-state index is -4.42. The second kappa shape index (κ2) is 6.74. The first kappa shape index (κ1) is 16.2. The number of benzene rings is 1. The molecule has 7 heteroatoms. The van der Waals surface area contributed by atoms with Crippen LogP contribution in [0.25, 0.3) is 0 Å². The van der Waals surface area contributed by atoms with Crippen LogP contribution in [0.2, 0.25) is 0 Å². The van der Waals surface area contributed by atoms with Gasteiger partial charge >= 0.3 is 6.18 Å². The van der Waals surface area contributed by atoms with Crippen LogP contribution >= 0.6 is 11.3 Å². The molecule has 1 aromatic carbocycles. The number of thiophene rings is 1. The molecule has 0 N–H and O–H groups in total. The maximum atomic E-state index is 12.0. The SMILES string of the molecule is O=C(CC(=O)c1cccs1)c1ccc(OCC(F)(F)F)cc1. The second-order valence-corrected chi connectivity index (χ2v) is 5.38. The fraction of sp³-hybridized carbons (Fsp3) is 0.200. The molecule has 0 amide bonds. The van der Waals surface area contributed by atoms with Crippen LogP contribution in [0.1, 0.15) is 26.5 Å². The van der Waals surface area contributed by atoms with Gasteiger partial charge in [0.15, 0.2) is 18.2 Å². The van der Waals surface area contributed by atoms with Gasteiger partial charge in [0.25, 0.3) is 0 Å².